The fraction of sp³-hybridized carbons (Fsp3) is 0.737. The summed E-state index contributed by atoms with van der Waals surface area (Å²) in [6.07, 6.45) is 12.1. The van der Waals surface area contributed by atoms with Gasteiger partial charge in [0.05, 0.1) is 12.1 Å². The Kier molecular flexibility index (Phi) is 4.88. The lowest BCUT2D eigenvalue weighted by molar-refractivity contribution is -0.137. The topological polar surface area (TPSA) is 52.6 Å². The summed E-state index contributed by atoms with van der Waals surface area (Å²) < 4.78 is 0. The Morgan fingerprint density at radius 1 is 1.04 bits per heavy atom. The second-order valence-corrected chi connectivity index (χ2v) is 7.78. The Bertz CT molecular complexity index is 595. The van der Waals surface area contributed by atoms with Crippen LogP contribution in [0.3, 0.4) is 0 Å². The van der Waals surface area contributed by atoms with Gasteiger partial charge in [0.2, 0.25) is 5.91 Å². The Hall–Kier alpha value is -1.69. The van der Waals surface area contributed by atoms with E-state index < -0.39 is 0 Å². The maximum Gasteiger partial charge on any atom is 0.227 e. The molecule has 0 aromatic carbocycles. The van der Waals surface area contributed by atoms with Crippen LogP contribution in [0.25, 0.3) is 0 Å². The molecule has 0 unspecified atom stereocenters. The number of carbonyl (C=O) groups is 1. The van der Waals surface area contributed by atoms with Crippen LogP contribution >= 0.6 is 0 Å². The Labute approximate surface area is 150 Å². The van der Waals surface area contributed by atoms with Gasteiger partial charge in [0, 0.05) is 44.1 Å². The summed E-state index contributed by atoms with van der Waals surface area (Å²) in [5.74, 6) is 1.37. The first-order valence-corrected chi connectivity index (χ1v) is 9.76. The van der Waals surface area contributed by atoms with E-state index in [2.05, 4.69) is 31.7 Å². The molecule has 0 radical (unpaired) electrons. The fourth-order valence-electron chi connectivity index (χ4n) is 4.96. The molecule has 0 saturated carbocycles. The van der Waals surface area contributed by atoms with Gasteiger partial charge in [-0.3, -0.25) is 9.78 Å². The largest absolute Gasteiger partial charge is 0.355 e. The number of hydrogen-bond donors (Lipinski definition) is 0. The number of rotatable bonds is 3. The highest BCUT2D eigenvalue weighted by molar-refractivity contribution is 5.80. The molecule has 25 heavy (non-hydrogen) atoms. The van der Waals surface area contributed by atoms with Crippen LogP contribution in [-0.4, -0.2) is 71.0 Å². The third-order valence-corrected chi connectivity index (χ3v) is 6.25. The summed E-state index contributed by atoms with van der Waals surface area (Å²) in [7, 11) is 2.22. The number of nitrogens with zero attached hydrogens (tertiary/aromatic N) is 5. The number of piperidine rings is 1. The molecule has 4 rings (SSSR count). The monoisotopic (exact) mass is 343 g/mol. The molecule has 4 heterocycles. The lowest BCUT2D eigenvalue weighted by atomic mass is 9.95. The molecule has 3 atom stereocenters. The Morgan fingerprint density at radius 3 is 2.60 bits per heavy atom. The first-order valence-electron chi connectivity index (χ1n) is 9.76. The van der Waals surface area contributed by atoms with Crippen molar-refractivity contribution in [2.45, 2.75) is 50.6 Å². The first kappa shape index (κ1) is 16.8. The molecule has 6 nitrogen and oxygen atoms in total. The van der Waals surface area contributed by atoms with Gasteiger partial charge in [0.25, 0.3) is 0 Å². The molecule has 1 aromatic heterocycles. The van der Waals surface area contributed by atoms with Crippen molar-refractivity contribution in [1.82, 2.24) is 19.8 Å². The van der Waals surface area contributed by atoms with Crippen LogP contribution in [0.4, 0.5) is 5.82 Å². The zero-order chi connectivity index (χ0) is 17.2. The molecule has 0 aliphatic carbocycles. The van der Waals surface area contributed by atoms with E-state index in [-0.39, 0.29) is 5.92 Å². The van der Waals surface area contributed by atoms with Crippen molar-refractivity contribution in [1.29, 1.82) is 0 Å². The maximum atomic E-state index is 13.3. The summed E-state index contributed by atoms with van der Waals surface area (Å²) in [6.45, 7) is 3.86. The molecular formula is C19H29N5O. The molecule has 3 aliphatic heterocycles. The van der Waals surface area contributed by atoms with E-state index in [0.717, 1.165) is 44.7 Å². The average Bonchev–Trinajstić information content (AvgIpc) is 3.30. The molecule has 0 N–H and O–H groups in total. The third-order valence-electron chi connectivity index (χ3n) is 6.25. The minimum Gasteiger partial charge on any atom is -0.355 e. The molecule has 1 amide bonds. The van der Waals surface area contributed by atoms with Gasteiger partial charge in [-0.05, 0) is 52.1 Å². The molecule has 0 bridgehead atoms. The highest BCUT2D eigenvalue weighted by Gasteiger charge is 2.41. The number of aromatic nitrogens is 2. The highest BCUT2D eigenvalue weighted by atomic mass is 16.2. The van der Waals surface area contributed by atoms with Gasteiger partial charge in [0.1, 0.15) is 5.82 Å². The van der Waals surface area contributed by atoms with Crippen molar-refractivity contribution in [3.63, 3.8) is 0 Å². The van der Waals surface area contributed by atoms with Crippen LogP contribution in [0.5, 0.6) is 0 Å². The number of anilines is 1. The van der Waals surface area contributed by atoms with Crippen molar-refractivity contribution in [3.05, 3.63) is 18.6 Å². The molecule has 3 saturated heterocycles. The smallest absolute Gasteiger partial charge is 0.227 e. The number of likely N-dealkylation sites (tertiary alicyclic amines) is 2. The SMILES string of the molecule is CN1CCC[C@@H]1[C@@H]1CCCN1C(=O)[C@@H]1CCCN(c2cnccn2)C1. The van der Waals surface area contributed by atoms with Gasteiger partial charge in [0.15, 0.2) is 0 Å². The second-order valence-electron chi connectivity index (χ2n) is 7.78. The quantitative estimate of drug-likeness (QED) is 0.837. The van der Waals surface area contributed by atoms with E-state index in [0.29, 0.717) is 18.0 Å². The summed E-state index contributed by atoms with van der Waals surface area (Å²) in [6, 6.07) is 0.984. The van der Waals surface area contributed by atoms with Crippen LogP contribution in [-0.2, 0) is 4.79 Å². The third kappa shape index (κ3) is 3.36. The molecule has 1 aromatic rings. The second kappa shape index (κ2) is 7.28. The normalized spacial score (nSPS) is 30.8. The van der Waals surface area contributed by atoms with Gasteiger partial charge in [-0.1, -0.05) is 0 Å². The summed E-state index contributed by atoms with van der Waals surface area (Å²) in [5.41, 5.74) is 0. The van der Waals surface area contributed by atoms with Crippen LogP contribution in [0.15, 0.2) is 18.6 Å². The van der Waals surface area contributed by atoms with Crippen molar-refractivity contribution >= 4 is 11.7 Å². The predicted molar refractivity (Wildman–Crippen MR) is 97.4 cm³/mol. The average molecular weight is 343 g/mol. The fourth-order valence-corrected chi connectivity index (χ4v) is 4.96. The van der Waals surface area contributed by atoms with Gasteiger partial charge in [-0.15, -0.1) is 0 Å². The minimum absolute atomic E-state index is 0.100. The van der Waals surface area contributed by atoms with Crippen molar-refractivity contribution in [3.8, 4) is 0 Å². The maximum absolute atomic E-state index is 13.3. The van der Waals surface area contributed by atoms with Gasteiger partial charge < -0.3 is 14.7 Å². The van der Waals surface area contributed by atoms with Crippen LogP contribution < -0.4 is 4.90 Å². The van der Waals surface area contributed by atoms with Gasteiger partial charge in [-0.25, -0.2) is 4.98 Å². The molecule has 0 spiro atoms. The number of hydrogen-bond acceptors (Lipinski definition) is 5. The van der Waals surface area contributed by atoms with Crippen molar-refractivity contribution in [2.24, 2.45) is 5.92 Å². The predicted octanol–water partition coefficient (Wildman–Crippen LogP) is 1.78. The first-order chi connectivity index (χ1) is 12.2. The molecular weight excluding hydrogens is 314 g/mol. The lowest BCUT2D eigenvalue weighted by Gasteiger charge is -2.38. The van der Waals surface area contributed by atoms with E-state index in [4.69, 9.17) is 0 Å². The van der Waals surface area contributed by atoms with E-state index in [9.17, 15) is 4.79 Å². The molecule has 3 aliphatic rings. The zero-order valence-corrected chi connectivity index (χ0v) is 15.2. The van der Waals surface area contributed by atoms with Gasteiger partial charge in [-0.2, -0.15) is 0 Å². The number of amides is 1. The lowest BCUT2D eigenvalue weighted by Crippen LogP contribution is -2.51. The minimum atomic E-state index is 0.100. The summed E-state index contributed by atoms with van der Waals surface area (Å²) >= 11 is 0. The molecule has 136 valence electrons. The molecule has 3 fully saturated rings. The standard InChI is InChI=1S/C19H29N5O/c1-22-10-3-6-16(22)17-7-4-12-24(17)19(25)15-5-2-11-23(14-15)18-13-20-8-9-21-18/h8-9,13,15-17H,2-7,10-12,14H2,1H3/t15-,16-,17+/m1/s1. The van der Waals surface area contributed by atoms with E-state index in [1.165, 1.54) is 25.8 Å². The zero-order valence-electron chi connectivity index (χ0n) is 15.2. The summed E-state index contributed by atoms with van der Waals surface area (Å²) in [5, 5.41) is 0. The van der Waals surface area contributed by atoms with Crippen LogP contribution in [0.1, 0.15) is 38.5 Å². The van der Waals surface area contributed by atoms with E-state index >= 15 is 0 Å². The Morgan fingerprint density at radius 2 is 1.84 bits per heavy atom. The highest BCUT2D eigenvalue weighted by Crippen LogP contribution is 2.32. The number of likely N-dealkylation sites (N-methyl/N-ethyl adjacent to an activating group) is 1. The summed E-state index contributed by atoms with van der Waals surface area (Å²) in [4.78, 5) is 28.8. The number of carbonyl (C=O) groups excluding carboxylic acids is 1. The van der Waals surface area contributed by atoms with E-state index in [1.54, 1.807) is 18.6 Å². The van der Waals surface area contributed by atoms with Crippen LogP contribution in [0.2, 0.25) is 0 Å². The van der Waals surface area contributed by atoms with Gasteiger partial charge >= 0.3 is 0 Å². The van der Waals surface area contributed by atoms with Crippen molar-refractivity contribution < 1.29 is 4.79 Å². The van der Waals surface area contributed by atoms with Crippen molar-refractivity contribution in [2.75, 3.05) is 38.1 Å². The van der Waals surface area contributed by atoms with E-state index in [1.807, 2.05) is 0 Å². The van der Waals surface area contributed by atoms with Crippen LogP contribution in [0, 0.1) is 5.92 Å². The molecule has 6 heteroatoms. The Balaban J connectivity index is 1.44.